The van der Waals surface area contributed by atoms with E-state index in [4.69, 9.17) is 13.9 Å². The highest BCUT2D eigenvalue weighted by atomic mass is 19.2. The maximum Gasteiger partial charge on any atom is 0.318 e. The van der Waals surface area contributed by atoms with E-state index in [-0.39, 0.29) is 23.9 Å². The van der Waals surface area contributed by atoms with Crippen LogP contribution in [-0.4, -0.2) is 21.6 Å². The Bertz CT molecular complexity index is 1310. The van der Waals surface area contributed by atoms with Gasteiger partial charge in [0.1, 0.15) is 12.0 Å². The van der Waals surface area contributed by atoms with Crippen molar-refractivity contribution in [3.8, 4) is 29.0 Å². The average molecular weight is 443 g/mol. The Morgan fingerprint density at radius 3 is 2.50 bits per heavy atom. The minimum atomic E-state index is -1.57. The van der Waals surface area contributed by atoms with Crippen molar-refractivity contribution < 1.29 is 27.1 Å². The smallest absolute Gasteiger partial charge is 0.318 e. The lowest BCUT2D eigenvalue weighted by Gasteiger charge is -2.16. The number of rotatable bonds is 6. The van der Waals surface area contributed by atoms with E-state index in [1.165, 1.54) is 30.3 Å². The van der Waals surface area contributed by atoms with Gasteiger partial charge in [-0.15, -0.1) is 0 Å². The molecule has 0 amide bonds. The van der Waals surface area contributed by atoms with E-state index >= 15 is 0 Å². The van der Waals surface area contributed by atoms with Gasteiger partial charge in [-0.1, -0.05) is 6.07 Å². The molecule has 0 aliphatic carbocycles. The van der Waals surface area contributed by atoms with Gasteiger partial charge >= 0.3 is 11.6 Å². The van der Waals surface area contributed by atoms with Gasteiger partial charge in [0, 0.05) is 5.56 Å². The van der Waals surface area contributed by atoms with Crippen LogP contribution in [0.25, 0.3) is 11.5 Å². The van der Waals surface area contributed by atoms with Crippen LogP contribution in [0.2, 0.25) is 0 Å². The molecule has 2 heterocycles. The molecule has 0 fully saturated rings. The van der Waals surface area contributed by atoms with Gasteiger partial charge in [-0.3, -0.25) is 9.36 Å². The summed E-state index contributed by atoms with van der Waals surface area (Å²) in [4.78, 5) is 20.2. The quantitative estimate of drug-likeness (QED) is 0.409. The number of nitrogens with zero attached hydrogens (tertiary/aromatic N) is 3. The van der Waals surface area contributed by atoms with Crippen molar-refractivity contribution in [3.63, 3.8) is 0 Å². The molecule has 0 aliphatic heterocycles. The van der Waals surface area contributed by atoms with Gasteiger partial charge in [0.05, 0.1) is 26.0 Å². The van der Waals surface area contributed by atoms with Crippen molar-refractivity contribution in [1.29, 1.82) is 0 Å². The van der Waals surface area contributed by atoms with Crippen molar-refractivity contribution in [2.75, 3.05) is 7.11 Å². The molecule has 2 aromatic carbocycles. The lowest BCUT2D eigenvalue weighted by atomic mass is 10.1. The lowest BCUT2D eigenvalue weighted by molar-refractivity contribution is 0.373. The summed E-state index contributed by atoms with van der Waals surface area (Å²) in [6.07, 6.45) is 4.22. The fourth-order valence-electron chi connectivity index (χ4n) is 3.00. The molecule has 4 aromatic rings. The summed E-state index contributed by atoms with van der Waals surface area (Å²) in [5.41, 5.74) is 0.734. The summed E-state index contributed by atoms with van der Waals surface area (Å²) in [5.74, 6) is -3.63. The van der Waals surface area contributed by atoms with Gasteiger partial charge in [0.2, 0.25) is 11.6 Å². The van der Waals surface area contributed by atoms with Gasteiger partial charge in [0.25, 0.3) is 0 Å². The van der Waals surface area contributed by atoms with Gasteiger partial charge in [-0.2, -0.15) is 4.98 Å². The monoisotopic (exact) mass is 443 g/mol. The van der Waals surface area contributed by atoms with Crippen molar-refractivity contribution >= 4 is 0 Å². The molecule has 2 aromatic heterocycles. The molecule has 0 spiro atoms. The molecule has 164 valence electrons. The second kappa shape index (κ2) is 8.58. The maximum atomic E-state index is 13.7. The van der Waals surface area contributed by atoms with E-state index in [0.717, 1.165) is 17.7 Å². The number of ether oxygens (including phenoxy) is 2. The summed E-state index contributed by atoms with van der Waals surface area (Å²) in [6.45, 7) is 1.61. The van der Waals surface area contributed by atoms with Crippen LogP contribution in [0.15, 0.2) is 58.2 Å². The average Bonchev–Trinajstić information content (AvgIpc) is 3.30. The highest BCUT2D eigenvalue weighted by molar-refractivity contribution is 5.58. The molecular formula is C22H16F3N3O4. The predicted molar refractivity (Wildman–Crippen MR) is 107 cm³/mol. The normalized spacial score (nSPS) is 10.9. The standard InChI is InChI=1S/C22H16F3N3O4/c1-12-3-4-14(21-26-5-6-31-21)9-17(12)32-22-27-20(29)18(30-2)11-28(22)10-13-7-15(23)19(25)16(24)8-13/h3-9,11H,10H2,1-2H3. The van der Waals surface area contributed by atoms with Crippen LogP contribution in [0.3, 0.4) is 0 Å². The predicted octanol–water partition coefficient (Wildman–Crippen LogP) is 4.47. The lowest BCUT2D eigenvalue weighted by Crippen LogP contribution is -2.17. The molecule has 7 nitrogen and oxygen atoms in total. The summed E-state index contributed by atoms with van der Waals surface area (Å²) in [7, 11) is 1.28. The fraction of sp³-hybridized carbons (Fsp3) is 0.136. The van der Waals surface area contributed by atoms with Crippen LogP contribution in [0, 0.1) is 24.4 Å². The van der Waals surface area contributed by atoms with Crippen LogP contribution in [0.4, 0.5) is 13.2 Å². The highest BCUT2D eigenvalue weighted by Gasteiger charge is 2.16. The van der Waals surface area contributed by atoms with E-state index in [1.807, 2.05) is 0 Å². The molecule has 4 rings (SSSR count). The molecule has 10 heteroatoms. The largest absolute Gasteiger partial charge is 0.490 e. The fourth-order valence-corrected chi connectivity index (χ4v) is 3.00. The molecule has 0 saturated carbocycles. The number of benzene rings is 2. The van der Waals surface area contributed by atoms with Crippen LogP contribution in [0.1, 0.15) is 11.1 Å². The molecule has 0 atom stereocenters. The third kappa shape index (κ3) is 4.20. The first kappa shape index (κ1) is 21.2. The number of aryl methyl sites for hydroxylation is 1. The van der Waals surface area contributed by atoms with Crippen LogP contribution >= 0.6 is 0 Å². The van der Waals surface area contributed by atoms with E-state index in [2.05, 4.69) is 9.97 Å². The number of hydrogen-bond acceptors (Lipinski definition) is 6. The van der Waals surface area contributed by atoms with Crippen molar-refractivity contribution in [3.05, 3.63) is 87.9 Å². The molecule has 0 radical (unpaired) electrons. The molecule has 0 bridgehead atoms. The zero-order valence-electron chi connectivity index (χ0n) is 16.9. The van der Waals surface area contributed by atoms with Crippen molar-refractivity contribution in [2.24, 2.45) is 0 Å². The summed E-state index contributed by atoms with van der Waals surface area (Å²) < 4.78 is 58.2. The third-order valence-electron chi connectivity index (χ3n) is 4.61. The van der Waals surface area contributed by atoms with Crippen LogP contribution in [0.5, 0.6) is 17.5 Å². The Morgan fingerprint density at radius 2 is 1.84 bits per heavy atom. The number of aromatic nitrogens is 3. The SMILES string of the molecule is COc1cn(Cc2cc(F)c(F)c(F)c2)c(Oc2cc(-c3ncco3)ccc2C)nc1=O. The van der Waals surface area contributed by atoms with E-state index in [1.54, 1.807) is 25.1 Å². The summed E-state index contributed by atoms with van der Waals surface area (Å²) in [6, 6.07) is 6.74. The van der Waals surface area contributed by atoms with Crippen molar-refractivity contribution in [1.82, 2.24) is 14.5 Å². The second-order valence-electron chi connectivity index (χ2n) is 6.82. The Labute approximate surface area is 179 Å². The second-order valence-corrected chi connectivity index (χ2v) is 6.82. The minimum Gasteiger partial charge on any atom is -0.490 e. The van der Waals surface area contributed by atoms with Gasteiger partial charge in [0.15, 0.2) is 17.5 Å². The molecule has 0 saturated heterocycles. The Balaban J connectivity index is 1.75. The van der Waals surface area contributed by atoms with Gasteiger partial charge in [-0.05, 0) is 42.3 Å². The number of hydrogen-bond donors (Lipinski definition) is 0. The first-order valence-electron chi connectivity index (χ1n) is 9.33. The molecule has 32 heavy (non-hydrogen) atoms. The number of methoxy groups -OCH3 is 1. The summed E-state index contributed by atoms with van der Waals surface area (Å²) >= 11 is 0. The molecule has 0 unspecified atom stereocenters. The molecule has 0 aliphatic rings. The highest BCUT2D eigenvalue weighted by Crippen LogP contribution is 2.29. The Morgan fingerprint density at radius 1 is 1.09 bits per heavy atom. The number of oxazole rings is 1. The zero-order valence-corrected chi connectivity index (χ0v) is 16.9. The Hall–Kier alpha value is -4.08. The van der Waals surface area contributed by atoms with Crippen LogP contribution in [-0.2, 0) is 6.54 Å². The van der Waals surface area contributed by atoms with E-state index < -0.39 is 23.0 Å². The Kier molecular flexibility index (Phi) is 5.67. The third-order valence-corrected chi connectivity index (χ3v) is 4.61. The topological polar surface area (TPSA) is 79.4 Å². The zero-order chi connectivity index (χ0) is 22.8. The molecule has 0 N–H and O–H groups in total. The van der Waals surface area contributed by atoms with Crippen LogP contribution < -0.4 is 15.0 Å². The first-order valence-corrected chi connectivity index (χ1v) is 9.33. The van der Waals surface area contributed by atoms with Crippen molar-refractivity contribution in [2.45, 2.75) is 13.5 Å². The van der Waals surface area contributed by atoms with Gasteiger partial charge in [-0.25, -0.2) is 18.2 Å². The summed E-state index contributed by atoms with van der Waals surface area (Å²) in [5, 5.41) is 0. The van der Waals surface area contributed by atoms with E-state index in [9.17, 15) is 18.0 Å². The maximum absolute atomic E-state index is 13.7. The molecular weight excluding hydrogens is 427 g/mol. The number of halogens is 3. The van der Waals surface area contributed by atoms with Gasteiger partial charge < -0.3 is 13.9 Å². The van der Waals surface area contributed by atoms with E-state index in [0.29, 0.717) is 17.2 Å². The minimum absolute atomic E-state index is 0.0870. The first-order chi connectivity index (χ1) is 15.4.